The van der Waals surface area contributed by atoms with Gasteiger partial charge in [-0.1, -0.05) is 11.6 Å². The molecule has 0 bridgehead atoms. The van der Waals surface area contributed by atoms with Gasteiger partial charge in [-0.2, -0.15) is 0 Å². The lowest BCUT2D eigenvalue weighted by molar-refractivity contribution is -0.149. The van der Waals surface area contributed by atoms with Crippen molar-refractivity contribution in [1.82, 2.24) is 5.32 Å². The summed E-state index contributed by atoms with van der Waals surface area (Å²) in [5.41, 5.74) is 4.75. The van der Waals surface area contributed by atoms with Crippen molar-refractivity contribution in [2.45, 2.75) is 31.4 Å². The third-order valence-electron chi connectivity index (χ3n) is 6.23. The van der Waals surface area contributed by atoms with Gasteiger partial charge in [0, 0.05) is 36.8 Å². The second-order valence-corrected chi connectivity index (χ2v) is 8.97. The molecule has 12 heteroatoms. The Kier molecular flexibility index (Phi) is 6.87. The van der Waals surface area contributed by atoms with Crippen LogP contribution in [0, 0.1) is 5.82 Å². The molecule has 0 radical (unpaired) electrons. The Bertz CT molecular complexity index is 1240. The Morgan fingerprint density at radius 2 is 2.03 bits per heavy atom. The Balaban J connectivity index is 1.53. The standard InChI is InChI=1S/C24H24ClFN4O6/c1-2-36-23(34)30-12-18(20(27)31)17-10-16(3-4-19(17)30)29-6-5-24(35,22(29)33)21(32)28-11-13-7-14(25)9-15(26)8-13/h3-4,7-10,18,35H,2,5-6,11-12H2,1H3,(H2,27,31)(H,28,32)/t18?,24-/m1/s1. The number of carbonyl (C=O) groups is 4. The Morgan fingerprint density at radius 3 is 2.69 bits per heavy atom. The number of aliphatic hydroxyl groups is 1. The fourth-order valence-corrected chi connectivity index (χ4v) is 4.68. The van der Waals surface area contributed by atoms with Crippen LogP contribution in [0.4, 0.5) is 20.6 Å². The van der Waals surface area contributed by atoms with E-state index in [1.807, 2.05) is 0 Å². The number of halogens is 2. The molecule has 190 valence electrons. The van der Waals surface area contributed by atoms with Crippen molar-refractivity contribution in [2.75, 3.05) is 29.5 Å². The van der Waals surface area contributed by atoms with E-state index in [4.69, 9.17) is 22.1 Å². The lowest BCUT2D eigenvalue weighted by Gasteiger charge is -2.23. The predicted octanol–water partition coefficient (Wildman–Crippen LogP) is 1.81. The van der Waals surface area contributed by atoms with Gasteiger partial charge in [0.15, 0.2) is 0 Å². The molecule has 4 amide bonds. The number of amides is 4. The number of primary amides is 1. The van der Waals surface area contributed by atoms with E-state index in [1.165, 1.54) is 21.9 Å². The first-order valence-corrected chi connectivity index (χ1v) is 11.6. The molecule has 4 rings (SSSR count). The van der Waals surface area contributed by atoms with Crippen molar-refractivity contribution >= 4 is 46.8 Å². The predicted molar refractivity (Wildman–Crippen MR) is 128 cm³/mol. The first kappa shape index (κ1) is 25.4. The van der Waals surface area contributed by atoms with Gasteiger partial charge in [0.1, 0.15) is 5.82 Å². The maximum absolute atomic E-state index is 13.5. The number of nitrogens with one attached hydrogen (secondary N) is 1. The fraction of sp³-hybridized carbons (Fsp3) is 0.333. The van der Waals surface area contributed by atoms with Crippen LogP contribution in [0.3, 0.4) is 0 Å². The number of hydrogen-bond donors (Lipinski definition) is 3. The number of anilines is 2. The van der Waals surface area contributed by atoms with Gasteiger partial charge in [0.2, 0.25) is 11.5 Å². The number of ether oxygens (including phenoxy) is 1. The molecule has 2 aromatic rings. The molecule has 0 aromatic heterocycles. The van der Waals surface area contributed by atoms with E-state index in [0.717, 1.165) is 6.07 Å². The van der Waals surface area contributed by atoms with Gasteiger partial charge < -0.3 is 25.8 Å². The Hall–Kier alpha value is -3.70. The molecule has 2 aliphatic rings. The summed E-state index contributed by atoms with van der Waals surface area (Å²) in [6.45, 7) is 1.69. The molecule has 1 fully saturated rings. The van der Waals surface area contributed by atoms with Gasteiger partial charge in [0.25, 0.3) is 11.8 Å². The second-order valence-electron chi connectivity index (χ2n) is 8.54. The molecular formula is C24H24ClFN4O6. The van der Waals surface area contributed by atoms with Crippen molar-refractivity contribution in [3.63, 3.8) is 0 Å². The Labute approximate surface area is 210 Å². The van der Waals surface area contributed by atoms with E-state index in [9.17, 15) is 28.7 Å². The minimum Gasteiger partial charge on any atom is -0.449 e. The van der Waals surface area contributed by atoms with E-state index in [-0.39, 0.29) is 37.7 Å². The average Bonchev–Trinajstić information content (AvgIpc) is 3.35. The highest BCUT2D eigenvalue weighted by Crippen LogP contribution is 2.40. The summed E-state index contributed by atoms with van der Waals surface area (Å²) < 4.78 is 18.6. The lowest BCUT2D eigenvalue weighted by Crippen LogP contribution is -2.52. The number of rotatable bonds is 6. The summed E-state index contributed by atoms with van der Waals surface area (Å²) in [6, 6.07) is 8.40. The molecule has 2 heterocycles. The first-order chi connectivity index (χ1) is 17.0. The number of nitrogens with zero attached hydrogens (tertiary/aromatic N) is 2. The number of hydrogen-bond acceptors (Lipinski definition) is 6. The van der Waals surface area contributed by atoms with Crippen LogP contribution in [0.25, 0.3) is 0 Å². The molecule has 4 N–H and O–H groups in total. The maximum Gasteiger partial charge on any atom is 0.414 e. The van der Waals surface area contributed by atoms with Crippen molar-refractivity contribution in [2.24, 2.45) is 5.73 Å². The molecule has 1 saturated heterocycles. The van der Waals surface area contributed by atoms with Crippen LogP contribution in [0.15, 0.2) is 36.4 Å². The molecule has 36 heavy (non-hydrogen) atoms. The largest absolute Gasteiger partial charge is 0.449 e. The molecule has 0 saturated carbocycles. The van der Waals surface area contributed by atoms with Crippen LogP contribution in [0.2, 0.25) is 5.02 Å². The fourth-order valence-electron chi connectivity index (χ4n) is 4.44. The van der Waals surface area contributed by atoms with Crippen molar-refractivity contribution in [3.8, 4) is 0 Å². The van der Waals surface area contributed by atoms with Crippen molar-refractivity contribution in [3.05, 3.63) is 58.4 Å². The quantitative estimate of drug-likeness (QED) is 0.498. The minimum absolute atomic E-state index is 0.00264. The van der Waals surface area contributed by atoms with Gasteiger partial charge >= 0.3 is 6.09 Å². The highest BCUT2D eigenvalue weighted by atomic mass is 35.5. The summed E-state index contributed by atoms with van der Waals surface area (Å²) in [5, 5.41) is 13.5. The minimum atomic E-state index is -2.34. The second kappa shape index (κ2) is 9.75. The van der Waals surface area contributed by atoms with Crippen molar-refractivity contribution < 1.29 is 33.4 Å². The van der Waals surface area contributed by atoms with Crippen LogP contribution in [0.5, 0.6) is 0 Å². The molecule has 0 spiro atoms. The third kappa shape index (κ3) is 4.59. The van der Waals surface area contributed by atoms with Crippen LogP contribution >= 0.6 is 11.6 Å². The number of fused-ring (bicyclic) bond motifs is 1. The van der Waals surface area contributed by atoms with E-state index in [0.29, 0.717) is 22.5 Å². The molecule has 2 aliphatic heterocycles. The Morgan fingerprint density at radius 1 is 1.28 bits per heavy atom. The molecule has 1 unspecified atom stereocenters. The normalized spacial score (nSPS) is 20.9. The van der Waals surface area contributed by atoms with Gasteiger partial charge in [-0.05, 0) is 54.4 Å². The van der Waals surface area contributed by atoms with Crippen LogP contribution in [-0.2, 0) is 25.7 Å². The van der Waals surface area contributed by atoms with Crippen molar-refractivity contribution in [1.29, 1.82) is 0 Å². The molecule has 10 nitrogen and oxygen atoms in total. The molecular weight excluding hydrogens is 495 g/mol. The third-order valence-corrected chi connectivity index (χ3v) is 6.45. The molecule has 2 atom stereocenters. The number of carbonyl (C=O) groups excluding carboxylic acids is 4. The smallest absolute Gasteiger partial charge is 0.414 e. The first-order valence-electron chi connectivity index (χ1n) is 11.2. The maximum atomic E-state index is 13.5. The highest BCUT2D eigenvalue weighted by molar-refractivity contribution is 6.30. The van der Waals surface area contributed by atoms with E-state index >= 15 is 0 Å². The zero-order chi connectivity index (χ0) is 26.2. The summed E-state index contributed by atoms with van der Waals surface area (Å²) in [4.78, 5) is 52.8. The summed E-state index contributed by atoms with van der Waals surface area (Å²) in [7, 11) is 0. The summed E-state index contributed by atoms with van der Waals surface area (Å²) in [6.07, 6.45) is -0.814. The van der Waals surface area contributed by atoms with E-state index in [1.54, 1.807) is 25.1 Å². The van der Waals surface area contributed by atoms with Gasteiger partial charge in [0.05, 0.1) is 18.2 Å². The van der Waals surface area contributed by atoms with E-state index < -0.39 is 41.2 Å². The van der Waals surface area contributed by atoms with Gasteiger partial charge in [-0.15, -0.1) is 0 Å². The van der Waals surface area contributed by atoms with Gasteiger partial charge in [-0.3, -0.25) is 19.3 Å². The SMILES string of the molecule is CCOC(=O)N1CC(C(N)=O)c2cc(N3CC[C@@](O)(C(=O)NCc4cc(F)cc(Cl)c4)C3=O)ccc21. The zero-order valence-corrected chi connectivity index (χ0v) is 20.0. The van der Waals surface area contributed by atoms with Crippen LogP contribution in [-0.4, -0.2) is 54.2 Å². The molecule has 2 aromatic carbocycles. The topological polar surface area (TPSA) is 142 Å². The van der Waals surface area contributed by atoms with Crippen LogP contribution < -0.4 is 20.9 Å². The lowest BCUT2D eigenvalue weighted by atomic mass is 9.99. The zero-order valence-electron chi connectivity index (χ0n) is 19.3. The summed E-state index contributed by atoms with van der Waals surface area (Å²) in [5.74, 6) is -3.84. The number of nitrogens with two attached hydrogens (primary N) is 1. The van der Waals surface area contributed by atoms with E-state index in [2.05, 4.69) is 5.32 Å². The molecule has 0 aliphatic carbocycles. The van der Waals surface area contributed by atoms with Crippen LogP contribution in [0.1, 0.15) is 30.4 Å². The monoisotopic (exact) mass is 518 g/mol. The highest BCUT2D eigenvalue weighted by Gasteiger charge is 2.52. The number of benzene rings is 2. The average molecular weight is 519 g/mol. The van der Waals surface area contributed by atoms with Gasteiger partial charge in [-0.25, -0.2) is 9.18 Å². The summed E-state index contributed by atoms with van der Waals surface area (Å²) >= 11 is 5.82.